The van der Waals surface area contributed by atoms with E-state index in [4.69, 9.17) is 0 Å². The highest BCUT2D eigenvalue weighted by Crippen LogP contribution is 2.26. The molecular formula is C17H10FN3O. The summed E-state index contributed by atoms with van der Waals surface area (Å²) in [4.78, 5) is 18.8. The minimum atomic E-state index is -0.511. The number of aromatic nitrogens is 2. The lowest BCUT2D eigenvalue weighted by Gasteiger charge is -2.08. The first-order valence-corrected chi connectivity index (χ1v) is 6.53. The number of hydrogen-bond donors (Lipinski definition) is 1. The highest BCUT2D eigenvalue weighted by atomic mass is 19.1. The van der Waals surface area contributed by atoms with Gasteiger partial charge in [0.05, 0.1) is 5.69 Å². The lowest BCUT2D eigenvalue weighted by molar-refractivity contribution is 0.628. The molecule has 0 aliphatic rings. The molecule has 4 nitrogen and oxygen atoms in total. The van der Waals surface area contributed by atoms with Crippen molar-refractivity contribution in [2.45, 2.75) is 0 Å². The summed E-state index contributed by atoms with van der Waals surface area (Å²) in [7, 11) is 0. The minimum Gasteiger partial charge on any atom is -0.321 e. The van der Waals surface area contributed by atoms with Gasteiger partial charge in [-0.05, 0) is 35.9 Å². The van der Waals surface area contributed by atoms with E-state index in [1.165, 1.54) is 18.2 Å². The van der Waals surface area contributed by atoms with Crippen LogP contribution in [-0.2, 0) is 0 Å². The Labute approximate surface area is 125 Å². The summed E-state index contributed by atoms with van der Waals surface area (Å²) in [5, 5.41) is 9.22. The fourth-order valence-electron chi connectivity index (χ4n) is 2.23. The molecule has 1 N–H and O–H groups in total. The van der Waals surface area contributed by atoms with Gasteiger partial charge in [0, 0.05) is 23.5 Å². The molecule has 2 aromatic heterocycles. The van der Waals surface area contributed by atoms with Crippen molar-refractivity contribution in [1.82, 2.24) is 9.97 Å². The van der Waals surface area contributed by atoms with Crippen LogP contribution < -0.4 is 5.56 Å². The summed E-state index contributed by atoms with van der Waals surface area (Å²) < 4.78 is 13.4. The average molecular weight is 291 g/mol. The first-order chi connectivity index (χ1) is 10.7. The predicted octanol–water partition coefficient (Wildman–Crippen LogP) is 3.11. The van der Waals surface area contributed by atoms with Crippen LogP contribution in [0.3, 0.4) is 0 Å². The van der Waals surface area contributed by atoms with Crippen LogP contribution >= 0.6 is 0 Å². The average Bonchev–Trinajstić information content (AvgIpc) is 2.55. The largest absolute Gasteiger partial charge is 0.321 e. The van der Waals surface area contributed by atoms with E-state index in [2.05, 4.69) is 9.97 Å². The molecule has 2 heterocycles. The second-order valence-electron chi connectivity index (χ2n) is 4.66. The van der Waals surface area contributed by atoms with Crippen molar-refractivity contribution in [3.63, 3.8) is 0 Å². The summed E-state index contributed by atoms with van der Waals surface area (Å²) in [6.07, 6.45) is 3.23. The quantitative estimate of drug-likeness (QED) is 0.788. The fraction of sp³-hybridized carbons (Fsp3) is 0. The molecule has 0 unspecified atom stereocenters. The Morgan fingerprint density at radius 1 is 1.14 bits per heavy atom. The Bertz CT molecular complexity index is 927. The molecule has 106 valence electrons. The number of pyridine rings is 2. The van der Waals surface area contributed by atoms with Crippen LogP contribution in [0.2, 0.25) is 0 Å². The third-order valence-electron chi connectivity index (χ3n) is 3.25. The predicted molar refractivity (Wildman–Crippen MR) is 80.4 cm³/mol. The van der Waals surface area contributed by atoms with Gasteiger partial charge in [-0.2, -0.15) is 5.26 Å². The van der Waals surface area contributed by atoms with Crippen LogP contribution in [0.4, 0.5) is 4.39 Å². The number of nitrogens with zero attached hydrogens (tertiary/aromatic N) is 2. The first kappa shape index (κ1) is 13.7. The molecule has 0 aliphatic heterocycles. The van der Waals surface area contributed by atoms with E-state index < -0.39 is 11.4 Å². The van der Waals surface area contributed by atoms with Crippen LogP contribution in [0.1, 0.15) is 5.56 Å². The number of nitriles is 1. The van der Waals surface area contributed by atoms with E-state index in [9.17, 15) is 14.4 Å². The third kappa shape index (κ3) is 2.50. The van der Waals surface area contributed by atoms with Gasteiger partial charge in [0.1, 0.15) is 17.4 Å². The molecule has 0 saturated carbocycles. The lowest BCUT2D eigenvalue weighted by Crippen LogP contribution is -2.12. The fourth-order valence-corrected chi connectivity index (χ4v) is 2.23. The molecule has 0 bridgehead atoms. The maximum atomic E-state index is 13.4. The molecule has 0 fully saturated rings. The van der Waals surface area contributed by atoms with Gasteiger partial charge in [-0.25, -0.2) is 4.39 Å². The van der Waals surface area contributed by atoms with E-state index in [1.807, 2.05) is 6.07 Å². The Morgan fingerprint density at radius 2 is 1.95 bits per heavy atom. The molecule has 5 heteroatoms. The third-order valence-corrected chi connectivity index (χ3v) is 3.25. The molecule has 3 aromatic rings. The number of hydrogen-bond acceptors (Lipinski definition) is 3. The van der Waals surface area contributed by atoms with Gasteiger partial charge in [0.25, 0.3) is 5.56 Å². The summed E-state index contributed by atoms with van der Waals surface area (Å²) in [5.41, 5.74) is 1.55. The van der Waals surface area contributed by atoms with Crippen molar-refractivity contribution in [3.8, 4) is 28.5 Å². The van der Waals surface area contributed by atoms with Gasteiger partial charge >= 0.3 is 0 Å². The Hall–Kier alpha value is -3.26. The van der Waals surface area contributed by atoms with Gasteiger partial charge in [-0.15, -0.1) is 0 Å². The molecule has 3 rings (SSSR count). The maximum Gasteiger partial charge on any atom is 0.266 e. The normalized spacial score (nSPS) is 10.2. The Kier molecular flexibility index (Phi) is 3.50. The van der Waals surface area contributed by atoms with Gasteiger partial charge < -0.3 is 4.98 Å². The van der Waals surface area contributed by atoms with Crippen molar-refractivity contribution in [2.75, 3.05) is 0 Å². The zero-order valence-electron chi connectivity index (χ0n) is 11.4. The smallest absolute Gasteiger partial charge is 0.266 e. The highest BCUT2D eigenvalue weighted by molar-refractivity contribution is 5.74. The summed E-state index contributed by atoms with van der Waals surface area (Å²) in [5.74, 6) is -0.426. The second-order valence-corrected chi connectivity index (χ2v) is 4.66. The SMILES string of the molecule is N#Cc1c(-c2cccc(F)c2)cc(-c2cccnc2)[nH]c1=O. The number of nitrogens with one attached hydrogen (secondary N) is 1. The van der Waals surface area contributed by atoms with Crippen molar-refractivity contribution in [2.24, 2.45) is 0 Å². The van der Waals surface area contributed by atoms with E-state index >= 15 is 0 Å². The molecular weight excluding hydrogens is 281 g/mol. The molecule has 0 aliphatic carbocycles. The lowest BCUT2D eigenvalue weighted by atomic mass is 9.99. The minimum absolute atomic E-state index is 0.0433. The van der Waals surface area contributed by atoms with Gasteiger partial charge in [0.2, 0.25) is 0 Å². The van der Waals surface area contributed by atoms with Gasteiger partial charge in [-0.1, -0.05) is 12.1 Å². The van der Waals surface area contributed by atoms with Crippen molar-refractivity contribution in [1.29, 1.82) is 5.26 Å². The maximum absolute atomic E-state index is 13.4. The number of aromatic amines is 1. The highest BCUT2D eigenvalue weighted by Gasteiger charge is 2.12. The van der Waals surface area contributed by atoms with E-state index in [1.54, 1.807) is 36.7 Å². The summed E-state index contributed by atoms with van der Waals surface area (Å²) in [6, 6.07) is 12.9. The number of benzene rings is 1. The molecule has 0 radical (unpaired) electrons. The van der Waals surface area contributed by atoms with E-state index in [0.717, 1.165) is 0 Å². The zero-order chi connectivity index (χ0) is 15.5. The summed E-state index contributed by atoms with van der Waals surface area (Å²) in [6.45, 7) is 0. The molecule has 0 spiro atoms. The van der Waals surface area contributed by atoms with Crippen molar-refractivity contribution < 1.29 is 4.39 Å². The summed E-state index contributed by atoms with van der Waals surface area (Å²) >= 11 is 0. The molecule has 0 atom stereocenters. The van der Waals surface area contributed by atoms with Crippen LogP contribution in [0.5, 0.6) is 0 Å². The van der Waals surface area contributed by atoms with Crippen LogP contribution in [-0.4, -0.2) is 9.97 Å². The van der Waals surface area contributed by atoms with Crippen molar-refractivity contribution in [3.05, 3.63) is 76.6 Å². The number of halogens is 1. The molecule has 22 heavy (non-hydrogen) atoms. The monoisotopic (exact) mass is 291 g/mol. The van der Waals surface area contributed by atoms with E-state index in [-0.39, 0.29) is 5.56 Å². The van der Waals surface area contributed by atoms with Crippen LogP contribution in [0, 0.1) is 17.1 Å². The Morgan fingerprint density at radius 3 is 2.64 bits per heavy atom. The number of H-pyrrole nitrogens is 1. The van der Waals surface area contributed by atoms with Crippen LogP contribution in [0.25, 0.3) is 22.4 Å². The van der Waals surface area contributed by atoms with Crippen molar-refractivity contribution >= 4 is 0 Å². The molecule has 0 saturated heterocycles. The van der Waals surface area contributed by atoms with Gasteiger partial charge in [0.15, 0.2) is 0 Å². The standard InChI is InChI=1S/C17H10FN3O/c18-13-5-1-3-11(7-13)14-8-16(12-4-2-6-20-10-12)21-17(22)15(14)9-19/h1-8,10H,(H,21,22). The topological polar surface area (TPSA) is 69.5 Å². The molecule has 0 amide bonds. The Balaban J connectivity index is 2.27. The zero-order valence-corrected chi connectivity index (χ0v) is 11.4. The molecule has 1 aromatic carbocycles. The number of rotatable bonds is 2. The van der Waals surface area contributed by atoms with Gasteiger partial charge in [-0.3, -0.25) is 9.78 Å². The van der Waals surface area contributed by atoms with E-state index in [0.29, 0.717) is 22.4 Å². The van der Waals surface area contributed by atoms with Crippen LogP contribution in [0.15, 0.2) is 59.7 Å². The first-order valence-electron chi connectivity index (χ1n) is 6.53. The second kappa shape index (κ2) is 5.62.